The molecule has 0 aliphatic rings. The molecule has 0 amide bonds. The van der Waals surface area contributed by atoms with Crippen molar-refractivity contribution in [3.05, 3.63) is 71.8 Å². The van der Waals surface area contributed by atoms with Gasteiger partial charge in [-0.05, 0) is 48.6 Å². The Morgan fingerprint density at radius 1 is 1.00 bits per heavy atom. The van der Waals surface area contributed by atoms with E-state index in [1.54, 1.807) is 18.9 Å². The van der Waals surface area contributed by atoms with Gasteiger partial charge in [0, 0.05) is 27.7 Å². The number of nitrogens with zero attached hydrogens (tertiary/aromatic N) is 1. The maximum Gasteiger partial charge on any atom is 0.119 e. The first-order valence-corrected chi connectivity index (χ1v) is 9.63. The first kappa shape index (κ1) is 16.1. The van der Waals surface area contributed by atoms with Crippen LogP contribution in [0.1, 0.15) is 11.1 Å². The maximum atomic E-state index is 5.48. The topological polar surface area (TPSA) is 14.2 Å². The molecule has 4 rings (SSSR count). The maximum absolute atomic E-state index is 5.48. The zero-order valence-corrected chi connectivity index (χ0v) is 15.6. The highest BCUT2D eigenvalue weighted by atomic mass is 32.2. The minimum absolute atomic E-state index is 0.865. The summed E-state index contributed by atoms with van der Waals surface area (Å²) in [7, 11) is 1.73. The third-order valence-electron chi connectivity index (χ3n) is 4.79. The molecule has 1 heterocycles. The SMILES string of the molecule is COc1ccc2c(c1)c1c(C)ccc(SC)c1n2Cc1ccccc1. The summed E-state index contributed by atoms with van der Waals surface area (Å²) in [6.45, 7) is 3.06. The summed E-state index contributed by atoms with van der Waals surface area (Å²) in [6, 6.07) is 21.5. The van der Waals surface area contributed by atoms with E-state index >= 15 is 0 Å². The first-order valence-electron chi connectivity index (χ1n) is 8.40. The summed E-state index contributed by atoms with van der Waals surface area (Å²) in [5, 5.41) is 2.59. The van der Waals surface area contributed by atoms with Crippen molar-refractivity contribution in [1.29, 1.82) is 0 Å². The Morgan fingerprint density at radius 3 is 2.52 bits per heavy atom. The molecule has 0 atom stereocenters. The van der Waals surface area contributed by atoms with Gasteiger partial charge in [0.25, 0.3) is 0 Å². The number of aromatic nitrogens is 1. The lowest BCUT2D eigenvalue weighted by Gasteiger charge is -2.11. The van der Waals surface area contributed by atoms with Crippen LogP contribution in [0.5, 0.6) is 5.75 Å². The van der Waals surface area contributed by atoms with E-state index in [0.29, 0.717) is 0 Å². The highest BCUT2D eigenvalue weighted by Crippen LogP contribution is 2.38. The molecule has 0 spiro atoms. The fourth-order valence-electron chi connectivity index (χ4n) is 3.57. The Hall–Kier alpha value is -2.39. The molecule has 0 N–H and O–H groups in total. The second-order valence-corrected chi connectivity index (χ2v) is 7.11. The predicted molar refractivity (Wildman–Crippen MR) is 108 cm³/mol. The average Bonchev–Trinajstić information content (AvgIpc) is 2.97. The van der Waals surface area contributed by atoms with Gasteiger partial charge >= 0.3 is 0 Å². The summed E-state index contributed by atoms with van der Waals surface area (Å²) in [4.78, 5) is 1.31. The number of ether oxygens (including phenoxy) is 1. The van der Waals surface area contributed by atoms with Gasteiger partial charge in [0.05, 0.1) is 12.6 Å². The van der Waals surface area contributed by atoms with E-state index < -0.39 is 0 Å². The normalized spacial score (nSPS) is 11.3. The van der Waals surface area contributed by atoms with E-state index in [1.807, 2.05) is 0 Å². The summed E-state index contributed by atoms with van der Waals surface area (Å²) in [6.07, 6.45) is 2.15. The molecular weight excluding hydrogens is 326 g/mol. The van der Waals surface area contributed by atoms with Crippen LogP contribution in [0.3, 0.4) is 0 Å². The number of aryl methyl sites for hydroxylation is 1. The van der Waals surface area contributed by atoms with Gasteiger partial charge in [-0.1, -0.05) is 36.4 Å². The summed E-state index contributed by atoms with van der Waals surface area (Å²) in [5.74, 6) is 0.903. The molecule has 0 unspecified atom stereocenters. The monoisotopic (exact) mass is 347 g/mol. The van der Waals surface area contributed by atoms with Crippen molar-refractivity contribution in [1.82, 2.24) is 4.57 Å². The average molecular weight is 347 g/mol. The highest BCUT2D eigenvalue weighted by Gasteiger charge is 2.16. The van der Waals surface area contributed by atoms with Gasteiger partial charge in [-0.2, -0.15) is 0 Å². The molecule has 3 aromatic carbocycles. The van der Waals surface area contributed by atoms with Crippen molar-refractivity contribution in [2.45, 2.75) is 18.4 Å². The van der Waals surface area contributed by atoms with Crippen LogP contribution in [0.2, 0.25) is 0 Å². The molecular formula is C22H21NOS. The molecule has 0 radical (unpaired) electrons. The minimum Gasteiger partial charge on any atom is -0.497 e. The predicted octanol–water partition coefficient (Wildman–Crippen LogP) is 5.88. The number of thioether (sulfide) groups is 1. The van der Waals surface area contributed by atoms with Crippen molar-refractivity contribution in [3.8, 4) is 5.75 Å². The van der Waals surface area contributed by atoms with Gasteiger partial charge in [-0.3, -0.25) is 0 Å². The molecule has 0 saturated carbocycles. The van der Waals surface area contributed by atoms with Crippen LogP contribution in [0.25, 0.3) is 21.8 Å². The van der Waals surface area contributed by atoms with Crippen LogP contribution in [0.15, 0.2) is 65.6 Å². The van der Waals surface area contributed by atoms with Gasteiger partial charge in [0.15, 0.2) is 0 Å². The fourth-order valence-corrected chi connectivity index (χ4v) is 4.18. The van der Waals surface area contributed by atoms with Gasteiger partial charge in [0.2, 0.25) is 0 Å². The summed E-state index contributed by atoms with van der Waals surface area (Å²) < 4.78 is 7.92. The van der Waals surface area contributed by atoms with E-state index in [2.05, 4.69) is 78.4 Å². The fraction of sp³-hybridized carbons (Fsp3) is 0.182. The molecule has 0 fully saturated rings. The smallest absolute Gasteiger partial charge is 0.119 e. The largest absolute Gasteiger partial charge is 0.497 e. The Bertz CT molecular complexity index is 1050. The van der Waals surface area contributed by atoms with Crippen molar-refractivity contribution < 1.29 is 4.74 Å². The number of fused-ring (bicyclic) bond motifs is 3. The van der Waals surface area contributed by atoms with Gasteiger partial charge in [0.1, 0.15) is 5.75 Å². The zero-order chi connectivity index (χ0) is 17.4. The third kappa shape index (κ3) is 2.69. The second kappa shape index (κ2) is 6.49. The summed E-state index contributed by atoms with van der Waals surface area (Å²) >= 11 is 1.80. The van der Waals surface area contributed by atoms with Crippen LogP contribution in [0.4, 0.5) is 0 Å². The van der Waals surface area contributed by atoms with Gasteiger partial charge in [-0.25, -0.2) is 0 Å². The van der Waals surface area contributed by atoms with Gasteiger partial charge < -0.3 is 9.30 Å². The lowest BCUT2D eigenvalue weighted by molar-refractivity contribution is 0.415. The molecule has 0 saturated heterocycles. The van der Waals surface area contributed by atoms with Gasteiger partial charge in [-0.15, -0.1) is 11.8 Å². The lowest BCUT2D eigenvalue weighted by atomic mass is 10.1. The molecule has 0 aliphatic carbocycles. The molecule has 0 bridgehead atoms. The number of benzene rings is 3. The number of rotatable bonds is 4. The van der Waals surface area contributed by atoms with Crippen LogP contribution < -0.4 is 4.74 Å². The Labute approximate surface area is 152 Å². The van der Waals surface area contributed by atoms with Crippen LogP contribution in [-0.4, -0.2) is 17.9 Å². The van der Waals surface area contributed by atoms with Crippen molar-refractivity contribution in [3.63, 3.8) is 0 Å². The van der Waals surface area contributed by atoms with E-state index in [1.165, 1.54) is 37.8 Å². The van der Waals surface area contributed by atoms with E-state index in [9.17, 15) is 0 Å². The minimum atomic E-state index is 0.865. The first-order chi connectivity index (χ1) is 12.2. The molecule has 4 aromatic rings. The van der Waals surface area contributed by atoms with E-state index in [-0.39, 0.29) is 0 Å². The number of hydrogen-bond acceptors (Lipinski definition) is 2. The third-order valence-corrected chi connectivity index (χ3v) is 5.56. The Balaban J connectivity index is 2.09. The molecule has 126 valence electrons. The summed E-state index contributed by atoms with van der Waals surface area (Å²) in [5.41, 5.74) is 5.19. The Morgan fingerprint density at radius 2 is 1.80 bits per heavy atom. The Kier molecular flexibility index (Phi) is 4.18. The molecule has 25 heavy (non-hydrogen) atoms. The molecule has 1 aromatic heterocycles. The van der Waals surface area contributed by atoms with Crippen LogP contribution in [0, 0.1) is 6.92 Å². The van der Waals surface area contributed by atoms with E-state index in [0.717, 1.165) is 12.3 Å². The van der Waals surface area contributed by atoms with Crippen LogP contribution >= 0.6 is 11.8 Å². The van der Waals surface area contributed by atoms with Crippen molar-refractivity contribution >= 4 is 33.6 Å². The standard InChI is InChI=1S/C22H21NOS/c1-15-9-12-20(25-3)22-21(15)18-13-17(24-2)10-11-19(18)23(22)14-16-7-5-4-6-8-16/h4-13H,14H2,1-3H3. The zero-order valence-electron chi connectivity index (χ0n) is 14.7. The van der Waals surface area contributed by atoms with Crippen molar-refractivity contribution in [2.24, 2.45) is 0 Å². The lowest BCUT2D eigenvalue weighted by Crippen LogP contribution is -2.00. The molecule has 2 nitrogen and oxygen atoms in total. The van der Waals surface area contributed by atoms with Crippen LogP contribution in [-0.2, 0) is 6.54 Å². The second-order valence-electron chi connectivity index (χ2n) is 6.26. The number of hydrogen-bond donors (Lipinski definition) is 0. The highest BCUT2D eigenvalue weighted by molar-refractivity contribution is 7.98. The molecule has 3 heteroatoms. The quantitative estimate of drug-likeness (QED) is 0.428. The number of methoxy groups -OCH3 is 1. The van der Waals surface area contributed by atoms with Crippen molar-refractivity contribution in [2.75, 3.05) is 13.4 Å². The van der Waals surface area contributed by atoms with E-state index in [4.69, 9.17) is 4.74 Å². The molecule has 0 aliphatic heterocycles.